The zero-order chi connectivity index (χ0) is 20.6. The van der Waals surface area contributed by atoms with Crippen LogP contribution in [0.25, 0.3) is 0 Å². The van der Waals surface area contributed by atoms with Gasteiger partial charge in [0.1, 0.15) is 5.82 Å². The number of carbonyl (C=O) groups excluding carboxylic acids is 1. The second-order valence-electron chi connectivity index (χ2n) is 7.44. The van der Waals surface area contributed by atoms with Crippen molar-refractivity contribution in [3.63, 3.8) is 0 Å². The van der Waals surface area contributed by atoms with Crippen LogP contribution in [0.1, 0.15) is 43.6 Å². The first-order valence-corrected chi connectivity index (χ1v) is 10.5. The van der Waals surface area contributed by atoms with Crippen molar-refractivity contribution >= 4 is 35.8 Å². The molecule has 2 aromatic rings. The maximum atomic E-state index is 11.9. The number of nitrogens with zero attached hydrogens (tertiary/aromatic N) is 4. The minimum Gasteiger partial charge on any atom is -0.357 e. The van der Waals surface area contributed by atoms with Gasteiger partial charge in [-0.1, -0.05) is 31.2 Å². The van der Waals surface area contributed by atoms with Crippen molar-refractivity contribution in [2.45, 2.75) is 52.7 Å². The van der Waals surface area contributed by atoms with E-state index >= 15 is 0 Å². The Morgan fingerprint density at radius 3 is 2.80 bits per heavy atom. The second-order valence-corrected chi connectivity index (χ2v) is 7.44. The molecule has 8 heteroatoms. The van der Waals surface area contributed by atoms with E-state index in [1.165, 1.54) is 11.1 Å². The lowest BCUT2D eigenvalue weighted by Crippen LogP contribution is -2.45. The molecule has 164 valence electrons. The first-order valence-electron chi connectivity index (χ1n) is 10.5. The van der Waals surface area contributed by atoms with Gasteiger partial charge in [0.2, 0.25) is 5.91 Å². The number of guanidine groups is 1. The number of hydrogen-bond donors (Lipinski definition) is 2. The topological polar surface area (TPSA) is 74.6 Å². The van der Waals surface area contributed by atoms with E-state index in [1.807, 2.05) is 31.1 Å². The lowest BCUT2D eigenvalue weighted by Gasteiger charge is -2.18. The number of rotatable bonds is 7. The molecule has 1 fully saturated rings. The van der Waals surface area contributed by atoms with E-state index in [-0.39, 0.29) is 35.9 Å². The van der Waals surface area contributed by atoms with E-state index in [0.29, 0.717) is 13.0 Å². The van der Waals surface area contributed by atoms with Crippen LogP contribution in [-0.2, 0) is 17.9 Å². The van der Waals surface area contributed by atoms with Gasteiger partial charge in [-0.15, -0.1) is 24.0 Å². The van der Waals surface area contributed by atoms with Crippen LogP contribution in [0.2, 0.25) is 0 Å². The Bertz CT molecular complexity index is 850. The molecule has 1 saturated heterocycles. The van der Waals surface area contributed by atoms with Crippen molar-refractivity contribution in [2.75, 3.05) is 19.6 Å². The van der Waals surface area contributed by atoms with Crippen molar-refractivity contribution in [3.05, 3.63) is 53.6 Å². The average molecular weight is 524 g/mol. The molecule has 1 aromatic carbocycles. The van der Waals surface area contributed by atoms with Gasteiger partial charge in [0, 0.05) is 51.0 Å². The standard InChI is InChI=1S/C22H32N6O.HI/c1-4-21(29)28-11-9-20(16-28)26-22(23-5-2)25-14-18-7-6-8-19(13-18)15-27-12-10-24-17(27)3;/h6-8,10,12-13,20H,4-5,9,11,14-16H2,1-3H3,(H2,23,25,26);1H. The summed E-state index contributed by atoms with van der Waals surface area (Å²) < 4.78 is 2.14. The van der Waals surface area contributed by atoms with Crippen LogP contribution in [0.15, 0.2) is 41.7 Å². The maximum absolute atomic E-state index is 11.9. The molecule has 1 aliphatic rings. The number of carbonyl (C=O) groups is 1. The fraction of sp³-hybridized carbons (Fsp3) is 0.500. The van der Waals surface area contributed by atoms with Crippen molar-refractivity contribution in [1.29, 1.82) is 0 Å². The average Bonchev–Trinajstić information content (AvgIpc) is 3.35. The van der Waals surface area contributed by atoms with Gasteiger partial charge in [0.15, 0.2) is 5.96 Å². The second kappa shape index (κ2) is 11.9. The summed E-state index contributed by atoms with van der Waals surface area (Å²) in [6.45, 7) is 9.78. The van der Waals surface area contributed by atoms with Crippen molar-refractivity contribution in [3.8, 4) is 0 Å². The highest BCUT2D eigenvalue weighted by atomic mass is 127. The number of benzene rings is 1. The molecule has 1 aromatic heterocycles. The summed E-state index contributed by atoms with van der Waals surface area (Å²) in [6.07, 6.45) is 5.35. The van der Waals surface area contributed by atoms with E-state index in [4.69, 9.17) is 4.99 Å². The molecule has 0 saturated carbocycles. The molecule has 7 nitrogen and oxygen atoms in total. The van der Waals surface area contributed by atoms with E-state index < -0.39 is 0 Å². The normalized spacial score (nSPS) is 16.3. The van der Waals surface area contributed by atoms with E-state index in [0.717, 1.165) is 44.4 Å². The number of amides is 1. The zero-order valence-corrected chi connectivity index (χ0v) is 20.4. The first-order chi connectivity index (χ1) is 14.1. The van der Waals surface area contributed by atoms with Crippen LogP contribution in [0, 0.1) is 6.92 Å². The minimum atomic E-state index is 0. The summed E-state index contributed by atoms with van der Waals surface area (Å²) in [4.78, 5) is 22.9. The Hall–Kier alpha value is -2.10. The molecular formula is C22H33IN6O. The van der Waals surface area contributed by atoms with Gasteiger partial charge in [0.25, 0.3) is 0 Å². The van der Waals surface area contributed by atoms with Gasteiger partial charge in [0.05, 0.1) is 6.54 Å². The predicted octanol–water partition coefficient (Wildman–Crippen LogP) is 2.92. The smallest absolute Gasteiger partial charge is 0.222 e. The fourth-order valence-electron chi connectivity index (χ4n) is 3.61. The van der Waals surface area contributed by atoms with Crippen LogP contribution in [0.3, 0.4) is 0 Å². The monoisotopic (exact) mass is 524 g/mol. The summed E-state index contributed by atoms with van der Waals surface area (Å²) in [5.74, 6) is 2.04. The van der Waals surface area contributed by atoms with Crippen molar-refractivity contribution < 1.29 is 4.79 Å². The molecule has 0 aliphatic carbocycles. The number of aliphatic imine (C=N–C) groups is 1. The number of halogens is 1. The van der Waals surface area contributed by atoms with E-state index in [2.05, 4.69) is 51.4 Å². The van der Waals surface area contributed by atoms with Crippen LogP contribution in [0.4, 0.5) is 0 Å². The Balaban J connectivity index is 0.00000320. The molecule has 1 aliphatic heterocycles. The minimum absolute atomic E-state index is 0. The molecule has 1 amide bonds. The van der Waals surface area contributed by atoms with Gasteiger partial charge in [-0.25, -0.2) is 9.98 Å². The number of aromatic nitrogens is 2. The predicted molar refractivity (Wildman–Crippen MR) is 131 cm³/mol. The lowest BCUT2D eigenvalue weighted by atomic mass is 10.1. The summed E-state index contributed by atoms with van der Waals surface area (Å²) in [5.41, 5.74) is 2.41. The van der Waals surface area contributed by atoms with Crippen molar-refractivity contribution in [2.24, 2.45) is 4.99 Å². The molecule has 3 rings (SSSR count). The lowest BCUT2D eigenvalue weighted by molar-refractivity contribution is -0.129. The van der Waals surface area contributed by atoms with E-state index in [1.54, 1.807) is 0 Å². The van der Waals surface area contributed by atoms with Gasteiger partial charge in [-0.05, 0) is 31.4 Å². The van der Waals surface area contributed by atoms with Crippen LogP contribution < -0.4 is 10.6 Å². The summed E-state index contributed by atoms with van der Waals surface area (Å²) >= 11 is 0. The molecule has 0 spiro atoms. The molecular weight excluding hydrogens is 491 g/mol. The third-order valence-electron chi connectivity index (χ3n) is 5.22. The Labute approximate surface area is 196 Å². The number of nitrogens with one attached hydrogen (secondary N) is 2. The zero-order valence-electron chi connectivity index (χ0n) is 18.1. The third-order valence-corrected chi connectivity index (χ3v) is 5.22. The number of likely N-dealkylation sites (tertiary alicyclic amines) is 1. The molecule has 1 atom stereocenters. The molecule has 30 heavy (non-hydrogen) atoms. The van der Waals surface area contributed by atoms with Crippen molar-refractivity contribution in [1.82, 2.24) is 25.1 Å². The third kappa shape index (κ3) is 6.72. The summed E-state index contributed by atoms with van der Waals surface area (Å²) in [5, 5.41) is 6.81. The molecule has 2 heterocycles. The Morgan fingerprint density at radius 2 is 2.10 bits per heavy atom. The quantitative estimate of drug-likeness (QED) is 0.332. The largest absolute Gasteiger partial charge is 0.357 e. The van der Waals surface area contributed by atoms with Gasteiger partial charge < -0.3 is 20.1 Å². The van der Waals surface area contributed by atoms with E-state index in [9.17, 15) is 4.79 Å². The molecule has 2 N–H and O–H groups in total. The fourth-order valence-corrected chi connectivity index (χ4v) is 3.61. The number of imidazole rings is 1. The summed E-state index contributed by atoms with van der Waals surface area (Å²) in [6, 6.07) is 8.77. The highest BCUT2D eigenvalue weighted by Gasteiger charge is 2.25. The highest BCUT2D eigenvalue weighted by molar-refractivity contribution is 14.0. The molecule has 0 radical (unpaired) electrons. The van der Waals surface area contributed by atoms with Crippen LogP contribution in [-0.4, -0.2) is 52.0 Å². The van der Waals surface area contributed by atoms with Crippen LogP contribution >= 0.6 is 24.0 Å². The molecule has 1 unspecified atom stereocenters. The maximum Gasteiger partial charge on any atom is 0.222 e. The van der Waals surface area contributed by atoms with Gasteiger partial charge in [-0.3, -0.25) is 4.79 Å². The van der Waals surface area contributed by atoms with Crippen LogP contribution in [0.5, 0.6) is 0 Å². The van der Waals surface area contributed by atoms with Gasteiger partial charge in [-0.2, -0.15) is 0 Å². The summed E-state index contributed by atoms with van der Waals surface area (Å²) in [7, 11) is 0. The molecule has 0 bridgehead atoms. The Morgan fingerprint density at radius 1 is 1.30 bits per heavy atom. The Kier molecular flexibility index (Phi) is 9.61. The highest BCUT2D eigenvalue weighted by Crippen LogP contribution is 2.12. The number of aryl methyl sites for hydroxylation is 1. The SMILES string of the molecule is CCNC(=NCc1cccc(Cn2ccnc2C)c1)NC1CCN(C(=O)CC)C1.I. The van der Waals surface area contributed by atoms with Gasteiger partial charge >= 0.3 is 0 Å². The first kappa shape index (κ1) is 24.2. The number of hydrogen-bond acceptors (Lipinski definition) is 3.